The maximum atomic E-state index is 13.1. The number of halogens is 1. The van der Waals surface area contributed by atoms with E-state index in [1.165, 1.54) is 30.5 Å². The third-order valence-corrected chi connectivity index (χ3v) is 4.02. The average molecular weight is 262 g/mol. The minimum Gasteiger partial charge on any atom is -0.489 e. The molecule has 104 valence electrons. The van der Waals surface area contributed by atoms with Crippen LogP contribution in [0.25, 0.3) is 0 Å². The normalized spacial score (nSPS) is 20.8. The Balaban J connectivity index is 2.11. The van der Waals surface area contributed by atoms with Crippen LogP contribution in [0.15, 0.2) is 35.9 Å². The van der Waals surface area contributed by atoms with Gasteiger partial charge in [0, 0.05) is 6.07 Å². The molecule has 1 nitrogen and oxygen atoms in total. The summed E-state index contributed by atoms with van der Waals surface area (Å²) in [4.78, 5) is 0. The molecule has 1 aliphatic rings. The largest absolute Gasteiger partial charge is 0.489 e. The Morgan fingerprint density at radius 1 is 1.16 bits per heavy atom. The number of rotatable bonds is 3. The van der Waals surface area contributed by atoms with Crippen LogP contribution in [-0.4, -0.2) is 6.61 Å². The summed E-state index contributed by atoms with van der Waals surface area (Å²) in [6, 6.07) is 6.33. The van der Waals surface area contributed by atoms with Gasteiger partial charge in [0.25, 0.3) is 0 Å². The molecular weight excluding hydrogens is 239 g/mol. The van der Waals surface area contributed by atoms with Crippen LogP contribution in [-0.2, 0) is 0 Å². The van der Waals surface area contributed by atoms with E-state index < -0.39 is 0 Å². The van der Waals surface area contributed by atoms with Crippen molar-refractivity contribution in [3.63, 3.8) is 0 Å². The van der Waals surface area contributed by atoms with E-state index in [1.54, 1.807) is 12.1 Å². The minimum absolute atomic E-state index is 0.169. The number of ether oxygens (including phenoxy) is 1. The highest BCUT2D eigenvalue weighted by Crippen LogP contribution is 2.43. The smallest absolute Gasteiger partial charge is 0.126 e. The predicted octanol–water partition coefficient (Wildman–Crippen LogP) is 4.98. The summed E-state index contributed by atoms with van der Waals surface area (Å²) in [5.74, 6) is 0.342. The van der Waals surface area contributed by atoms with Gasteiger partial charge in [0.1, 0.15) is 18.2 Å². The molecule has 0 bridgehead atoms. The van der Waals surface area contributed by atoms with Crippen LogP contribution in [0.3, 0.4) is 0 Å². The van der Waals surface area contributed by atoms with Gasteiger partial charge in [0.15, 0.2) is 0 Å². The van der Waals surface area contributed by atoms with E-state index in [9.17, 15) is 4.39 Å². The molecule has 0 spiro atoms. The maximum Gasteiger partial charge on any atom is 0.126 e. The number of hydrogen-bond donors (Lipinski definition) is 0. The molecule has 0 heterocycles. The molecule has 0 amide bonds. The third-order valence-electron chi connectivity index (χ3n) is 4.02. The summed E-state index contributed by atoms with van der Waals surface area (Å²) in [5.41, 5.74) is 1.71. The summed E-state index contributed by atoms with van der Waals surface area (Å²) in [6.45, 7) is 9.56. The van der Waals surface area contributed by atoms with Gasteiger partial charge in [-0.1, -0.05) is 39.8 Å². The van der Waals surface area contributed by atoms with Crippen LogP contribution in [0.4, 0.5) is 4.39 Å². The highest BCUT2D eigenvalue weighted by molar-refractivity contribution is 5.25. The molecule has 2 rings (SSSR count). The molecule has 0 aliphatic heterocycles. The zero-order valence-corrected chi connectivity index (χ0v) is 12.3. The van der Waals surface area contributed by atoms with Crippen molar-refractivity contribution in [1.29, 1.82) is 0 Å². The van der Waals surface area contributed by atoms with Crippen molar-refractivity contribution in [2.75, 3.05) is 6.61 Å². The number of hydrogen-bond acceptors (Lipinski definition) is 1. The predicted molar refractivity (Wildman–Crippen MR) is 76.8 cm³/mol. The quantitative estimate of drug-likeness (QED) is 0.698. The van der Waals surface area contributed by atoms with Crippen molar-refractivity contribution < 1.29 is 9.13 Å². The Labute approximate surface area is 115 Å². The van der Waals surface area contributed by atoms with Crippen LogP contribution in [0.1, 0.15) is 40.5 Å². The molecule has 0 radical (unpaired) electrons. The van der Waals surface area contributed by atoms with E-state index in [2.05, 4.69) is 33.8 Å². The minimum atomic E-state index is -0.255. The second-order valence-electron chi connectivity index (χ2n) is 6.79. The van der Waals surface area contributed by atoms with Crippen molar-refractivity contribution in [2.24, 2.45) is 10.8 Å². The molecule has 0 saturated heterocycles. The summed E-state index contributed by atoms with van der Waals surface area (Å²) in [7, 11) is 0. The second-order valence-corrected chi connectivity index (χ2v) is 6.79. The standard InChI is InChI=1S/C17H23FO/c1-16(2)8-9-17(3,4)13(11-16)12-19-15-7-5-6-14(18)10-15/h5-7,10-11H,8-9,12H2,1-4H3. The highest BCUT2D eigenvalue weighted by atomic mass is 19.1. The lowest BCUT2D eigenvalue weighted by Crippen LogP contribution is -2.29. The topological polar surface area (TPSA) is 9.23 Å². The van der Waals surface area contributed by atoms with Gasteiger partial charge in [0.2, 0.25) is 0 Å². The van der Waals surface area contributed by atoms with E-state index in [4.69, 9.17) is 4.74 Å². The van der Waals surface area contributed by atoms with Crippen LogP contribution in [0, 0.1) is 16.6 Å². The van der Waals surface area contributed by atoms with Crippen molar-refractivity contribution in [2.45, 2.75) is 40.5 Å². The molecular formula is C17H23FO. The van der Waals surface area contributed by atoms with Gasteiger partial charge in [-0.25, -0.2) is 4.39 Å². The van der Waals surface area contributed by atoms with Gasteiger partial charge in [-0.05, 0) is 41.4 Å². The molecule has 0 atom stereocenters. The van der Waals surface area contributed by atoms with Crippen LogP contribution >= 0.6 is 0 Å². The SMILES string of the molecule is CC1(C)C=C(COc2cccc(F)c2)C(C)(C)CC1. The lowest BCUT2D eigenvalue weighted by Gasteiger charge is -2.38. The molecule has 0 saturated carbocycles. The van der Waals surface area contributed by atoms with E-state index in [0.29, 0.717) is 12.4 Å². The lowest BCUT2D eigenvalue weighted by molar-refractivity contribution is 0.238. The maximum absolute atomic E-state index is 13.1. The fourth-order valence-corrected chi connectivity index (χ4v) is 2.49. The molecule has 0 fully saturated rings. The van der Waals surface area contributed by atoms with Gasteiger partial charge in [0.05, 0.1) is 0 Å². The highest BCUT2D eigenvalue weighted by Gasteiger charge is 2.33. The first kappa shape index (κ1) is 14.1. The molecule has 1 aromatic carbocycles. The Morgan fingerprint density at radius 2 is 1.89 bits per heavy atom. The van der Waals surface area contributed by atoms with Crippen molar-refractivity contribution in [3.05, 3.63) is 41.7 Å². The van der Waals surface area contributed by atoms with Crippen LogP contribution in [0.2, 0.25) is 0 Å². The fraction of sp³-hybridized carbons (Fsp3) is 0.529. The van der Waals surface area contributed by atoms with Gasteiger partial charge in [-0.2, -0.15) is 0 Å². The summed E-state index contributed by atoms with van der Waals surface area (Å²) in [5, 5.41) is 0. The van der Waals surface area contributed by atoms with Crippen LogP contribution < -0.4 is 4.74 Å². The molecule has 0 N–H and O–H groups in total. The summed E-state index contributed by atoms with van der Waals surface area (Å²) >= 11 is 0. The monoisotopic (exact) mass is 262 g/mol. The first-order valence-corrected chi connectivity index (χ1v) is 6.89. The third kappa shape index (κ3) is 3.59. The van der Waals surface area contributed by atoms with Gasteiger partial charge < -0.3 is 4.74 Å². The van der Waals surface area contributed by atoms with Crippen molar-refractivity contribution in [1.82, 2.24) is 0 Å². The van der Waals surface area contributed by atoms with E-state index in [1.807, 2.05) is 0 Å². The van der Waals surface area contributed by atoms with Crippen molar-refractivity contribution in [3.8, 4) is 5.75 Å². The zero-order valence-electron chi connectivity index (χ0n) is 12.3. The summed E-state index contributed by atoms with van der Waals surface area (Å²) in [6.07, 6.45) is 4.69. The zero-order chi connectivity index (χ0) is 14.1. The Morgan fingerprint density at radius 3 is 2.58 bits per heavy atom. The van der Waals surface area contributed by atoms with Gasteiger partial charge in [-0.15, -0.1) is 0 Å². The Kier molecular flexibility index (Phi) is 3.71. The van der Waals surface area contributed by atoms with Gasteiger partial charge in [-0.3, -0.25) is 0 Å². The van der Waals surface area contributed by atoms with Crippen molar-refractivity contribution >= 4 is 0 Å². The fourth-order valence-electron chi connectivity index (χ4n) is 2.49. The Hall–Kier alpha value is -1.31. The Bertz CT molecular complexity index is 486. The molecule has 2 heteroatoms. The van der Waals surface area contributed by atoms with E-state index >= 15 is 0 Å². The van der Waals surface area contributed by atoms with Gasteiger partial charge >= 0.3 is 0 Å². The molecule has 1 aliphatic carbocycles. The lowest BCUT2D eigenvalue weighted by atomic mass is 9.68. The van der Waals surface area contributed by atoms with Crippen LogP contribution in [0.5, 0.6) is 5.75 Å². The molecule has 19 heavy (non-hydrogen) atoms. The molecule has 1 aromatic rings. The van der Waals surface area contributed by atoms with E-state index in [-0.39, 0.29) is 16.6 Å². The molecule has 0 aromatic heterocycles. The number of benzene rings is 1. The second kappa shape index (κ2) is 4.99. The van der Waals surface area contributed by atoms with E-state index in [0.717, 1.165) is 0 Å². The summed E-state index contributed by atoms with van der Waals surface area (Å²) < 4.78 is 18.9. The molecule has 0 unspecified atom stereocenters. The first-order chi connectivity index (χ1) is 8.78. The average Bonchev–Trinajstić information content (AvgIpc) is 2.31. The number of allylic oxidation sites excluding steroid dienone is 1. The first-order valence-electron chi connectivity index (χ1n) is 6.89.